The zero-order valence-electron chi connectivity index (χ0n) is 6.53. The van der Waals surface area contributed by atoms with E-state index in [0.717, 1.165) is 11.3 Å². The Balaban J connectivity index is 2.99. The number of ether oxygens (including phenoxy) is 1. The van der Waals surface area contributed by atoms with E-state index in [9.17, 15) is 4.79 Å². The summed E-state index contributed by atoms with van der Waals surface area (Å²) in [6, 6.07) is 0. The highest BCUT2D eigenvalue weighted by molar-refractivity contribution is 8.00. The average molecular weight is 205 g/mol. The van der Waals surface area contributed by atoms with E-state index < -0.39 is 5.97 Å². The third kappa shape index (κ3) is 1.70. The van der Waals surface area contributed by atoms with E-state index in [4.69, 9.17) is 5.11 Å². The number of methoxy groups -OCH3 is 1. The summed E-state index contributed by atoms with van der Waals surface area (Å²) in [5.74, 6) is -0.804. The molecular weight excluding hydrogens is 198 g/mol. The molecule has 1 heterocycles. The second-order valence-corrected chi connectivity index (χ2v) is 3.88. The predicted molar refractivity (Wildman–Crippen MR) is 46.9 cm³/mol. The van der Waals surface area contributed by atoms with Crippen LogP contribution in [-0.2, 0) is 4.74 Å². The van der Waals surface area contributed by atoms with Gasteiger partial charge in [-0.1, -0.05) is 23.1 Å². The minimum Gasteiger partial charge on any atom is -0.492 e. The molecule has 1 aromatic rings. The molecule has 0 saturated carbocycles. The van der Waals surface area contributed by atoms with Crippen LogP contribution in [0.25, 0.3) is 0 Å². The predicted octanol–water partition coefficient (Wildman–Crippen LogP) is 1.36. The number of rotatable bonds is 2. The molecule has 0 saturated heterocycles. The number of hydrogen-bond acceptors (Lipinski definition) is 6. The number of thiazole rings is 1. The van der Waals surface area contributed by atoms with Crippen LogP contribution >= 0.6 is 23.1 Å². The number of thioether (sulfide) groups is 1. The van der Waals surface area contributed by atoms with Crippen LogP contribution in [0.15, 0.2) is 4.34 Å². The van der Waals surface area contributed by atoms with Crippen LogP contribution in [0.3, 0.4) is 0 Å². The number of aromatic nitrogens is 1. The van der Waals surface area contributed by atoms with Crippen LogP contribution in [0.5, 0.6) is 5.88 Å². The standard InChI is InChI=1S/C6H7NO3S2/c1-10-5(9)3-4(8)7-6(11-2)12-3/h8H,1-2H3. The Morgan fingerprint density at radius 1 is 1.75 bits per heavy atom. The first kappa shape index (κ1) is 9.34. The molecule has 0 amide bonds. The van der Waals surface area contributed by atoms with Crippen molar-refractivity contribution in [1.29, 1.82) is 0 Å². The van der Waals surface area contributed by atoms with Gasteiger partial charge >= 0.3 is 5.97 Å². The first-order valence-corrected chi connectivity index (χ1v) is 5.05. The van der Waals surface area contributed by atoms with Gasteiger partial charge in [-0.2, -0.15) is 4.98 Å². The summed E-state index contributed by atoms with van der Waals surface area (Å²) in [4.78, 5) is 14.8. The van der Waals surface area contributed by atoms with Crippen molar-refractivity contribution in [1.82, 2.24) is 4.98 Å². The maximum atomic E-state index is 10.9. The van der Waals surface area contributed by atoms with Gasteiger partial charge in [-0.3, -0.25) is 0 Å². The van der Waals surface area contributed by atoms with Gasteiger partial charge in [0.05, 0.1) is 7.11 Å². The molecule has 0 radical (unpaired) electrons. The normalized spacial score (nSPS) is 9.83. The second kappa shape index (κ2) is 3.77. The Bertz CT molecular complexity index is 297. The van der Waals surface area contributed by atoms with Crippen molar-refractivity contribution in [3.05, 3.63) is 4.88 Å². The molecule has 0 aliphatic heterocycles. The van der Waals surface area contributed by atoms with Crippen molar-refractivity contribution in [3.63, 3.8) is 0 Å². The maximum absolute atomic E-state index is 10.9. The van der Waals surface area contributed by atoms with Gasteiger partial charge in [-0.25, -0.2) is 4.79 Å². The van der Waals surface area contributed by atoms with Gasteiger partial charge in [0.1, 0.15) is 0 Å². The fourth-order valence-corrected chi connectivity index (χ4v) is 1.98. The summed E-state index contributed by atoms with van der Waals surface area (Å²) < 4.78 is 5.08. The molecule has 4 nitrogen and oxygen atoms in total. The highest BCUT2D eigenvalue weighted by atomic mass is 32.2. The molecule has 0 atom stereocenters. The topological polar surface area (TPSA) is 59.4 Å². The SMILES string of the molecule is COC(=O)c1sc(SC)nc1O. The van der Waals surface area contributed by atoms with Crippen molar-refractivity contribution in [3.8, 4) is 5.88 Å². The highest BCUT2D eigenvalue weighted by Gasteiger charge is 2.17. The van der Waals surface area contributed by atoms with Crippen LogP contribution in [-0.4, -0.2) is 29.4 Å². The zero-order chi connectivity index (χ0) is 9.14. The van der Waals surface area contributed by atoms with E-state index in [2.05, 4.69) is 9.72 Å². The largest absolute Gasteiger partial charge is 0.492 e. The van der Waals surface area contributed by atoms with Gasteiger partial charge in [0, 0.05) is 0 Å². The summed E-state index contributed by atoms with van der Waals surface area (Å²) >= 11 is 2.49. The summed E-state index contributed by atoms with van der Waals surface area (Å²) in [5, 5.41) is 9.15. The lowest BCUT2D eigenvalue weighted by atomic mass is 10.5. The first-order valence-electron chi connectivity index (χ1n) is 3.01. The number of esters is 1. The molecule has 66 valence electrons. The molecule has 1 rings (SSSR count). The van der Waals surface area contributed by atoms with Crippen LogP contribution in [0.4, 0.5) is 0 Å². The molecule has 0 aliphatic rings. The van der Waals surface area contributed by atoms with Gasteiger partial charge in [0.25, 0.3) is 0 Å². The molecule has 12 heavy (non-hydrogen) atoms. The molecule has 0 fully saturated rings. The fourth-order valence-electron chi connectivity index (χ4n) is 0.606. The van der Waals surface area contributed by atoms with Gasteiger partial charge in [-0.15, -0.1) is 0 Å². The molecule has 1 aromatic heterocycles. The molecular formula is C6H7NO3S2. The van der Waals surface area contributed by atoms with E-state index in [1.54, 1.807) is 0 Å². The average Bonchev–Trinajstić information content (AvgIpc) is 2.45. The molecule has 0 bridgehead atoms. The third-order valence-electron chi connectivity index (χ3n) is 1.14. The van der Waals surface area contributed by atoms with Crippen LogP contribution in [0, 0.1) is 0 Å². The molecule has 0 spiro atoms. The monoisotopic (exact) mass is 205 g/mol. The Labute approximate surface area is 77.6 Å². The lowest BCUT2D eigenvalue weighted by molar-refractivity contribution is 0.0603. The number of aromatic hydroxyl groups is 1. The zero-order valence-corrected chi connectivity index (χ0v) is 8.16. The summed E-state index contributed by atoms with van der Waals surface area (Å²) in [6.07, 6.45) is 1.82. The Morgan fingerprint density at radius 3 is 2.83 bits per heavy atom. The molecule has 1 N–H and O–H groups in total. The number of carbonyl (C=O) groups excluding carboxylic acids is 1. The van der Waals surface area contributed by atoms with Crippen molar-refractivity contribution in [2.24, 2.45) is 0 Å². The summed E-state index contributed by atoms with van der Waals surface area (Å²) in [7, 11) is 1.26. The van der Waals surface area contributed by atoms with Gasteiger partial charge in [0.15, 0.2) is 9.22 Å². The van der Waals surface area contributed by atoms with Gasteiger partial charge in [-0.05, 0) is 6.26 Å². The van der Waals surface area contributed by atoms with Gasteiger partial charge in [0.2, 0.25) is 5.88 Å². The number of hydrogen-bond donors (Lipinski definition) is 1. The maximum Gasteiger partial charge on any atom is 0.353 e. The highest BCUT2D eigenvalue weighted by Crippen LogP contribution is 2.29. The van der Waals surface area contributed by atoms with E-state index in [1.165, 1.54) is 18.9 Å². The summed E-state index contributed by atoms with van der Waals surface area (Å²) in [6.45, 7) is 0. The lowest BCUT2D eigenvalue weighted by Gasteiger charge is -1.92. The van der Waals surface area contributed by atoms with Gasteiger partial charge < -0.3 is 9.84 Å². The molecule has 0 aliphatic carbocycles. The second-order valence-electron chi connectivity index (χ2n) is 1.83. The van der Waals surface area contributed by atoms with Crippen molar-refractivity contribution in [2.75, 3.05) is 13.4 Å². The minimum atomic E-state index is -0.551. The fraction of sp³-hybridized carbons (Fsp3) is 0.333. The van der Waals surface area contributed by atoms with Crippen molar-refractivity contribution in [2.45, 2.75) is 4.34 Å². The lowest BCUT2D eigenvalue weighted by Crippen LogP contribution is -1.97. The quantitative estimate of drug-likeness (QED) is 0.583. The number of nitrogens with zero attached hydrogens (tertiary/aromatic N) is 1. The van der Waals surface area contributed by atoms with Crippen LogP contribution in [0.2, 0.25) is 0 Å². The summed E-state index contributed by atoms with van der Waals surface area (Å²) in [5.41, 5.74) is 0. The van der Waals surface area contributed by atoms with Crippen molar-refractivity contribution < 1.29 is 14.6 Å². The van der Waals surface area contributed by atoms with E-state index in [0.29, 0.717) is 4.34 Å². The van der Waals surface area contributed by atoms with E-state index >= 15 is 0 Å². The molecule has 6 heteroatoms. The van der Waals surface area contributed by atoms with Crippen molar-refractivity contribution >= 4 is 29.1 Å². The van der Waals surface area contributed by atoms with Crippen LogP contribution < -0.4 is 0 Å². The first-order chi connectivity index (χ1) is 5.69. The van der Waals surface area contributed by atoms with E-state index in [-0.39, 0.29) is 10.8 Å². The minimum absolute atomic E-state index is 0.154. The van der Waals surface area contributed by atoms with Crippen LogP contribution in [0.1, 0.15) is 9.67 Å². The molecule has 0 unspecified atom stereocenters. The third-order valence-corrected chi connectivity index (χ3v) is 3.14. The Morgan fingerprint density at radius 2 is 2.42 bits per heavy atom. The smallest absolute Gasteiger partial charge is 0.353 e. The number of carbonyl (C=O) groups is 1. The Kier molecular flexibility index (Phi) is 2.93. The van der Waals surface area contributed by atoms with E-state index in [1.807, 2.05) is 6.26 Å². The molecule has 0 aromatic carbocycles. The Hall–Kier alpha value is -0.750.